The van der Waals surface area contributed by atoms with Crippen molar-refractivity contribution >= 4 is 0 Å². The molecule has 0 bridgehead atoms. The van der Waals surface area contributed by atoms with E-state index in [9.17, 15) is 4.79 Å². The summed E-state index contributed by atoms with van der Waals surface area (Å²) in [6.07, 6.45) is 2.13. The number of piperazine rings is 1. The van der Waals surface area contributed by atoms with Crippen molar-refractivity contribution in [1.82, 2.24) is 19.6 Å². The first kappa shape index (κ1) is 21.1. The number of benzene rings is 1. The van der Waals surface area contributed by atoms with Crippen LogP contribution in [0.4, 0.5) is 0 Å². The van der Waals surface area contributed by atoms with E-state index in [-0.39, 0.29) is 11.0 Å². The summed E-state index contributed by atoms with van der Waals surface area (Å²) < 4.78 is 7.23. The molecule has 0 aliphatic carbocycles. The van der Waals surface area contributed by atoms with Crippen LogP contribution in [0.2, 0.25) is 0 Å². The van der Waals surface area contributed by atoms with Gasteiger partial charge >= 0.3 is 0 Å². The molecule has 2 aromatic rings. The minimum atomic E-state index is -0.0487. The van der Waals surface area contributed by atoms with Crippen LogP contribution in [0.1, 0.15) is 37.6 Å². The van der Waals surface area contributed by atoms with E-state index < -0.39 is 0 Å². The third-order valence-corrected chi connectivity index (χ3v) is 6.20. The van der Waals surface area contributed by atoms with Gasteiger partial charge in [-0.2, -0.15) is 5.10 Å². The van der Waals surface area contributed by atoms with Gasteiger partial charge in [0.15, 0.2) is 0 Å². The van der Waals surface area contributed by atoms with Gasteiger partial charge in [0.2, 0.25) is 0 Å². The third kappa shape index (κ3) is 5.10. The fraction of sp³-hybridized carbons (Fsp3) is 0.583. The smallest absolute Gasteiger partial charge is 0.266 e. The maximum atomic E-state index is 12.2. The zero-order valence-corrected chi connectivity index (χ0v) is 18.6. The van der Waals surface area contributed by atoms with Gasteiger partial charge in [-0.15, -0.1) is 0 Å². The van der Waals surface area contributed by atoms with E-state index in [0.717, 1.165) is 70.2 Å². The Morgan fingerprint density at radius 2 is 1.70 bits per heavy atom. The number of fused-ring (bicyclic) bond motifs is 1. The standard InChI is InChI=1S/C24H34N4O2/c1-24(2,3)22-6-7-23(29)28(25-22)16-15-27-13-11-26(12-14-27)10-8-19-4-5-21-20(18-19)9-17-30-21/h4-7,18H,8-17H2,1-3H3. The van der Waals surface area contributed by atoms with E-state index in [1.165, 1.54) is 11.1 Å². The van der Waals surface area contributed by atoms with E-state index in [4.69, 9.17) is 4.74 Å². The maximum Gasteiger partial charge on any atom is 0.266 e. The van der Waals surface area contributed by atoms with Gasteiger partial charge in [-0.05, 0) is 29.7 Å². The Bertz CT molecular complexity index is 924. The maximum absolute atomic E-state index is 12.2. The van der Waals surface area contributed by atoms with E-state index in [2.05, 4.69) is 53.9 Å². The van der Waals surface area contributed by atoms with E-state index in [1.54, 1.807) is 10.7 Å². The Hall–Kier alpha value is -2.18. The van der Waals surface area contributed by atoms with Crippen LogP contribution in [0.15, 0.2) is 35.1 Å². The normalized spacial score (nSPS) is 17.7. The van der Waals surface area contributed by atoms with Crippen LogP contribution >= 0.6 is 0 Å². The number of nitrogens with zero attached hydrogens (tertiary/aromatic N) is 4. The molecular formula is C24H34N4O2. The van der Waals surface area contributed by atoms with Crippen LogP contribution in [0, 0.1) is 0 Å². The second kappa shape index (κ2) is 8.90. The van der Waals surface area contributed by atoms with Crippen LogP contribution in [-0.2, 0) is 24.8 Å². The Kier molecular flexibility index (Phi) is 6.25. The van der Waals surface area contributed by atoms with Gasteiger partial charge in [0.1, 0.15) is 5.75 Å². The number of hydrogen-bond donors (Lipinski definition) is 0. The van der Waals surface area contributed by atoms with E-state index in [1.807, 2.05) is 6.07 Å². The van der Waals surface area contributed by atoms with Gasteiger partial charge in [-0.3, -0.25) is 9.69 Å². The molecule has 2 aliphatic rings. The first-order valence-electron chi connectivity index (χ1n) is 11.2. The molecule has 0 amide bonds. The zero-order chi connectivity index (χ0) is 21.1. The van der Waals surface area contributed by atoms with Crippen molar-refractivity contribution in [3.63, 3.8) is 0 Å². The van der Waals surface area contributed by atoms with Crippen molar-refractivity contribution in [2.75, 3.05) is 45.9 Å². The van der Waals surface area contributed by atoms with Crippen molar-refractivity contribution in [3.8, 4) is 5.75 Å². The quantitative estimate of drug-likeness (QED) is 0.732. The van der Waals surface area contributed by atoms with E-state index in [0.29, 0.717) is 6.54 Å². The first-order chi connectivity index (χ1) is 14.4. The second-order valence-electron chi connectivity index (χ2n) is 9.50. The molecule has 0 atom stereocenters. The molecule has 1 aromatic carbocycles. The molecule has 6 heteroatoms. The molecule has 1 saturated heterocycles. The second-order valence-corrected chi connectivity index (χ2v) is 9.50. The van der Waals surface area contributed by atoms with Crippen LogP contribution in [0.25, 0.3) is 0 Å². The molecule has 0 radical (unpaired) electrons. The zero-order valence-electron chi connectivity index (χ0n) is 18.6. The van der Waals surface area contributed by atoms with Gasteiger partial charge < -0.3 is 9.64 Å². The van der Waals surface area contributed by atoms with Gasteiger partial charge in [0, 0.05) is 57.2 Å². The van der Waals surface area contributed by atoms with Crippen molar-refractivity contribution < 1.29 is 4.74 Å². The Labute approximate surface area is 179 Å². The number of hydrogen-bond acceptors (Lipinski definition) is 5. The molecule has 4 rings (SSSR count). The molecule has 2 aliphatic heterocycles. The highest BCUT2D eigenvalue weighted by molar-refractivity contribution is 5.39. The monoisotopic (exact) mass is 410 g/mol. The molecule has 0 saturated carbocycles. The van der Waals surface area contributed by atoms with Crippen molar-refractivity contribution in [1.29, 1.82) is 0 Å². The summed E-state index contributed by atoms with van der Waals surface area (Å²) >= 11 is 0. The average Bonchev–Trinajstić information content (AvgIpc) is 3.19. The van der Waals surface area contributed by atoms with Crippen LogP contribution in [0.3, 0.4) is 0 Å². The number of aromatic nitrogens is 2. The highest BCUT2D eigenvalue weighted by Crippen LogP contribution is 2.26. The molecule has 6 nitrogen and oxygen atoms in total. The van der Waals surface area contributed by atoms with Crippen molar-refractivity contribution in [3.05, 3.63) is 57.5 Å². The molecular weight excluding hydrogens is 376 g/mol. The molecule has 1 aromatic heterocycles. The lowest BCUT2D eigenvalue weighted by Crippen LogP contribution is -2.48. The third-order valence-electron chi connectivity index (χ3n) is 6.20. The Balaban J connectivity index is 1.23. The predicted octanol–water partition coefficient (Wildman–Crippen LogP) is 2.34. The lowest BCUT2D eigenvalue weighted by Gasteiger charge is -2.34. The van der Waals surface area contributed by atoms with Crippen LogP contribution in [0.5, 0.6) is 5.75 Å². The number of ether oxygens (including phenoxy) is 1. The lowest BCUT2D eigenvalue weighted by molar-refractivity contribution is 0.128. The SMILES string of the molecule is CC(C)(C)c1ccc(=O)n(CCN2CCN(CCc3ccc4c(c3)CCO4)CC2)n1. The Morgan fingerprint density at radius 1 is 0.967 bits per heavy atom. The fourth-order valence-corrected chi connectivity index (χ4v) is 4.16. The lowest BCUT2D eigenvalue weighted by atomic mass is 9.92. The summed E-state index contributed by atoms with van der Waals surface area (Å²) in [4.78, 5) is 17.2. The van der Waals surface area contributed by atoms with Crippen LogP contribution in [-0.4, -0.2) is 65.5 Å². The summed E-state index contributed by atoms with van der Waals surface area (Å²) in [5, 5.41) is 4.59. The molecule has 1 fully saturated rings. The predicted molar refractivity (Wildman–Crippen MR) is 119 cm³/mol. The van der Waals surface area contributed by atoms with Gasteiger partial charge in [0.05, 0.1) is 18.8 Å². The molecule has 30 heavy (non-hydrogen) atoms. The summed E-state index contributed by atoms with van der Waals surface area (Å²) in [6, 6.07) is 10.1. The summed E-state index contributed by atoms with van der Waals surface area (Å²) in [7, 11) is 0. The van der Waals surface area contributed by atoms with Crippen molar-refractivity contribution in [2.24, 2.45) is 0 Å². The van der Waals surface area contributed by atoms with Gasteiger partial charge in [0.25, 0.3) is 5.56 Å². The van der Waals surface area contributed by atoms with Crippen molar-refractivity contribution in [2.45, 2.75) is 45.6 Å². The minimum absolute atomic E-state index is 0.0126. The van der Waals surface area contributed by atoms with Crippen LogP contribution < -0.4 is 10.3 Å². The largest absolute Gasteiger partial charge is 0.493 e. The summed E-state index contributed by atoms with van der Waals surface area (Å²) in [5.74, 6) is 1.06. The van der Waals surface area contributed by atoms with Gasteiger partial charge in [-0.1, -0.05) is 32.9 Å². The highest BCUT2D eigenvalue weighted by atomic mass is 16.5. The Morgan fingerprint density at radius 3 is 2.43 bits per heavy atom. The summed E-state index contributed by atoms with van der Waals surface area (Å²) in [5.41, 5.74) is 3.67. The molecule has 0 unspecified atom stereocenters. The van der Waals surface area contributed by atoms with E-state index >= 15 is 0 Å². The molecule has 0 N–H and O–H groups in total. The topological polar surface area (TPSA) is 50.6 Å². The fourth-order valence-electron chi connectivity index (χ4n) is 4.16. The minimum Gasteiger partial charge on any atom is -0.493 e. The average molecular weight is 411 g/mol. The first-order valence-corrected chi connectivity index (χ1v) is 11.2. The number of rotatable bonds is 6. The highest BCUT2D eigenvalue weighted by Gasteiger charge is 2.19. The molecule has 3 heterocycles. The van der Waals surface area contributed by atoms with Gasteiger partial charge in [-0.25, -0.2) is 4.68 Å². The molecule has 0 spiro atoms. The summed E-state index contributed by atoms with van der Waals surface area (Å²) in [6.45, 7) is 14.1. The molecule has 162 valence electrons.